The number of pyridine rings is 1. The number of piperidine rings is 1. The lowest BCUT2D eigenvalue weighted by molar-refractivity contribution is -0.136. The highest BCUT2D eigenvalue weighted by atomic mass is 19.1. The summed E-state index contributed by atoms with van der Waals surface area (Å²) < 4.78 is 15.2. The highest BCUT2D eigenvalue weighted by molar-refractivity contribution is 5.88. The maximum Gasteiger partial charge on any atom is 0.245 e. The summed E-state index contributed by atoms with van der Waals surface area (Å²) in [5.41, 5.74) is 3.65. The van der Waals surface area contributed by atoms with E-state index < -0.39 is 0 Å². The van der Waals surface area contributed by atoms with Gasteiger partial charge in [-0.15, -0.1) is 0 Å². The summed E-state index contributed by atoms with van der Waals surface area (Å²) in [4.78, 5) is 26.2. The lowest BCUT2D eigenvalue weighted by Crippen LogP contribution is -2.59. The highest BCUT2D eigenvalue weighted by Crippen LogP contribution is 2.44. The van der Waals surface area contributed by atoms with Crippen molar-refractivity contribution in [3.63, 3.8) is 0 Å². The number of nitriles is 1. The van der Waals surface area contributed by atoms with Gasteiger partial charge in [0, 0.05) is 68.4 Å². The number of carbonyl (C=O) groups is 1. The Balaban J connectivity index is 1.38. The van der Waals surface area contributed by atoms with E-state index in [0.717, 1.165) is 56.8 Å². The van der Waals surface area contributed by atoms with Gasteiger partial charge in [0.15, 0.2) is 0 Å². The Kier molecular flexibility index (Phi) is 6.45. The Morgan fingerprint density at radius 1 is 1.24 bits per heavy atom. The molecule has 1 amide bonds. The summed E-state index contributed by atoms with van der Waals surface area (Å²) in [5, 5.41) is 10.4. The molecular formula is C30H35FN6O. The van der Waals surface area contributed by atoms with Crippen LogP contribution in [0.3, 0.4) is 0 Å². The average Bonchev–Trinajstić information content (AvgIpc) is 3.37. The van der Waals surface area contributed by atoms with Crippen LogP contribution in [0.2, 0.25) is 0 Å². The standard InChI is InChI=1S/C30H35FN6O/c1-3-27(38)37-19-30(20-37)11-14-36(18-30)29-24(15-32)28(22-8-4-5-9-25(22)31)23-10-13-35(17-26(23)33-29)21-7-6-12-34(2)16-21/h3-5,8-9,21H,1,6-7,10-14,16-20H2,2H3. The van der Waals surface area contributed by atoms with Gasteiger partial charge in [-0.05, 0) is 57.0 Å². The van der Waals surface area contributed by atoms with Gasteiger partial charge in [0.25, 0.3) is 0 Å². The zero-order chi connectivity index (χ0) is 26.4. The van der Waals surface area contributed by atoms with Crippen LogP contribution >= 0.6 is 0 Å². The van der Waals surface area contributed by atoms with E-state index in [1.807, 2.05) is 11.0 Å². The number of hydrogen-bond donors (Lipinski definition) is 0. The van der Waals surface area contributed by atoms with Crippen LogP contribution in [0.4, 0.5) is 10.2 Å². The Hall–Kier alpha value is -3.28. The van der Waals surface area contributed by atoms with Crippen LogP contribution in [0.1, 0.15) is 36.1 Å². The number of carbonyl (C=O) groups excluding carboxylic acids is 1. The number of likely N-dealkylation sites (N-methyl/N-ethyl adjacent to an activating group) is 1. The van der Waals surface area contributed by atoms with E-state index in [4.69, 9.17) is 4.98 Å². The molecule has 1 atom stereocenters. The second kappa shape index (κ2) is 9.79. The topological polar surface area (TPSA) is 66.7 Å². The number of aromatic nitrogens is 1. The summed E-state index contributed by atoms with van der Waals surface area (Å²) in [6.45, 7) is 10.3. The van der Waals surface area contributed by atoms with E-state index in [1.54, 1.807) is 12.1 Å². The van der Waals surface area contributed by atoms with Crippen molar-refractivity contribution in [2.75, 3.05) is 57.8 Å². The Morgan fingerprint density at radius 3 is 2.79 bits per heavy atom. The van der Waals surface area contributed by atoms with Gasteiger partial charge in [0.05, 0.1) is 5.69 Å². The third-order valence-electron chi connectivity index (χ3n) is 9.01. The van der Waals surface area contributed by atoms with Crippen molar-refractivity contribution in [2.24, 2.45) is 5.41 Å². The smallest absolute Gasteiger partial charge is 0.245 e. The minimum absolute atomic E-state index is 0.0137. The summed E-state index contributed by atoms with van der Waals surface area (Å²) in [5.74, 6) is 0.321. The second-order valence-corrected chi connectivity index (χ2v) is 11.6. The van der Waals surface area contributed by atoms with Gasteiger partial charge in [-0.1, -0.05) is 24.8 Å². The summed E-state index contributed by atoms with van der Waals surface area (Å²) in [6.07, 6.45) is 5.43. The van der Waals surface area contributed by atoms with E-state index in [-0.39, 0.29) is 17.1 Å². The molecule has 0 radical (unpaired) electrons. The molecule has 3 fully saturated rings. The van der Waals surface area contributed by atoms with Crippen LogP contribution in [0.25, 0.3) is 11.1 Å². The molecule has 1 aromatic heterocycles. The molecule has 5 heterocycles. The van der Waals surface area contributed by atoms with Crippen LogP contribution in [-0.4, -0.2) is 84.5 Å². The first kappa shape index (κ1) is 25.0. The minimum atomic E-state index is -0.310. The first-order valence-corrected chi connectivity index (χ1v) is 13.7. The lowest BCUT2D eigenvalue weighted by Gasteiger charge is -2.47. The fraction of sp³-hybridized carbons (Fsp3) is 0.500. The first-order valence-electron chi connectivity index (χ1n) is 13.7. The molecule has 7 nitrogen and oxygen atoms in total. The molecule has 4 aliphatic heterocycles. The van der Waals surface area contributed by atoms with Crippen LogP contribution in [0, 0.1) is 22.6 Å². The number of nitrogens with zero attached hydrogens (tertiary/aromatic N) is 6. The van der Waals surface area contributed by atoms with Crippen molar-refractivity contribution in [3.05, 3.63) is 59.6 Å². The maximum atomic E-state index is 15.2. The molecular weight excluding hydrogens is 479 g/mol. The third-order valence-corrected chi connectivity index (χ3v) is 9.01. The molecule has 198 valence electrons. The van der Waals surface area contributed by atoms with E-state index in [9.17, 15) is 10.1 Å². The van der Waals surface area contributed by atoms with Crippen LogP contribution in [0.5, 0.6) is 0 Å². The Morgan fingerprint density at radius 2 is 2.05 bits per heavy atom. The maximum absolute atomic E-state index is 15.2. The molecule has 0 aliphatic carbocycles. The third kappa shape index (κ3) is 4.28. The molecule has 1 unspecified atom stereocenters. The van der Waals surface area contributed by atoms with Crippen molar-refractivity contribution < 1.29 is 9.18 Å². The van der Waals surface area contributed by atoms with Crippen LogP contribution in [0.15, 0.2) is 36.9 Å². The Labute approximate surface area is 224 Å². The summed E-state index contributed by atoms with van der Waals surface area (Å²) >= 11 is 0. The fourth-order valence-corrected chi connectivity index (χ4v) is 7.05. The molecule has 1 aromatic carbocycles. The number of hydrogen-bond acceptors (Lipinski definition) is 6. The number of amides is 1. The monoisotopic (exact) mass is 514 g/mol. The number of halogens is 1. The molecule has 0 N–H and O–H groups in total. The van der Waals surface area contributed by atoms with E-state index in [2.05, 4.69) is 34.4 Å². The molecule has 0 bridgehead atoms. The van der Waals surface area contributed by atoms with Gasteiger partial charge in [-0.25, -0.2) is 9.37 Å². The van der Waals surface area contributed by atoms with Gasteiger partial charge in [0.1, 0.15) is 23.3 Å². The van der Waals surface area contributed by atoms with E-state index in [1.165, 1.54) is 25.0 Å². The summed E-state index contributed by atoms with van der Waals surface area (Å²) in [7, 11) is 2.18. The predicted octanol–water partition coefficient (Wildman–Crippen LogP) is 3.44. The normalized spacial score (nSPS) is 23.1. The van der Waals surface area contributed by atoms with Crippen molar-refractivity contribution >= 4 is 11.7 Å². The number of likely N-dealkylation sites (tertiary alicyclic amines) is 2. The molecule has 0 saturated carbocycles. The SMILES string of the molecule is C=CC(=O)N1CC2(CCN(c3nc4c(c(-c5ccccc5F)c3C#N)CCN(C3CCCN(C)C3)C4)C2)C1. The van der Waals surface area contributed by atoms with Crippen molar-refractivity contribution in [2.45, 2.75) is 38.3 Å². The number of fused-ring (bicyclic) bond motifs is 1. The average molecular weight is 515 g/mol. The fourth-order valence-electron chi connectivity index (χ4n) is 7.05. The molecule has 6 rings (SSSR count). The predicted molar refractivity (Wildman–Crippen MR) is 145 cm³/mol. The number of benzene rings is 1. The molecule has 1 spiro atoms. The molecule has 2 aromatic rings. The van der Waals surface area contributed by atoms with Crippen molar-refractivity contribution in [1.29, 1.82) is 5.26 Å². The Bertz CT molecular complexity index is 1310. The molecule has 38 heavy (non-hydrogen) atoms. The van der Waals surface area contributed by atoms with Gasteiger partial charge < -0.3 is 14.7 Å². The molecule has 8 heteroatoms. The van der Waals surface area contributed by atoms with E-state index in [0.29, 0.717) is 48.2 Å². The quantitative estimate of drug-likeness (QED) is 0.583. The first-order chi connectivity index (χ1) is 18.4. The molecule has 3 saturated heterocycles. The largest absolute Gasteiger partial charge is 0.355 e. The minimum Gasteiger partial charge on any atom is -0.355 e. The zero-order valence-corrected chi connectivity index (χ0v) is 22.1. The van der Waals surface area contributed by atoms with E-state index >= 15 is 4.39 Å². The summed E-state index contributed by atoms with van der Waals surface area (Å²) in [6, 6.07) is 9.70. The van der Waals surface area contributed by atoms with Crippen molar-refractivity contribution in [1.82, 2.24) is 19.7 Å². The van der Waals surface area contributed by atoms with Crippen molar-refractivity contribution in [3.8, 4) is 17.2 Å². The molecule has 4 aliphatic rings. The van der Waals surface area contributed by atoms with Gasteiger partial charge in [0.2, 0.25) is 5.91 Å². The number of anilines is 1. The number of rotatable bonds is 4. The van der Waals surface area contributed by atoms with Gasteiger partial charge >= 0.3 is 0 Å². The zero-order valence-electron chi connectivity index (χ0n) is 22.1. The van der Waals surface area contributed by atoms with Crippen LogP contribution < -0.4 is 4.90 Å². The van der Waals surface area contributed by atoms with Crippen LogP contribution in [-0.2, 0) is 17.8 Å². The van der Waals surface area contributed by atoms with Gasteiger partial charge in [-0.2, -0.15) is 5.26 Å². The lowest BCUT2D eigenvalue weighted by atomic mass is 9.79. The second-order valence-electron chi connectivity index (χ2n) is 11.6. The highest BCUT2D eigenvalue weighted by Gasteiger charge is 2.49. The van der Waals surface area contributed by atoms with Gasteiger partial charge in [-0.3, -0.25) is 9.69 Å².